The molecule has 0 aliphatic carbocycles. The molecule has 0 aliphatic heterocycles. The highest BCUT2D eigenvalue weighted by atomic mass is 16.3. The molecule has 58 heavy (non-hydrogen) atoms. The lowest BCUT2D eigenvalue weighted by molar-refractivity contribution is 0.631. The van der Waals surface area contributed by atoms with Gasteiger partial charge in [0, 0.05) is 27.4 Å². The largest absolute Gasteiger partial charge is 0.456 e. The fourth-order valence-corrected chi connectivity index (χ4v) is 8.72. The number of hydrogen-bond acceptors (Lipinski definition) is 2. The van der Waals surface area contributed by atoms with Crippen LogP contribution < -0.4 is 4.90 Å². The molecule has 11 aromatic rings. The third-order valence-electron chi connectivity index (χ3n) is 11.5. The van der Waals surface area contributed by atoms with Gasteiger partial charge in [-0.3, -0.25) is 0 Å². The minimum absolute atomic E-state index is 0.869. The second-order valence-corrected chi connectivity index (χ2v) is 14.9. The Morgan fingerprint density at radius 3 is 1.62 bits per heavy atom. The predicted octanol–water partition coefficient (Wildman–Crippen LogP) is 16.0. The highest BCUT2D eigenvalue weighted by Crippen LogP contribution is 2.46. The Labute approximate surface area is 337 Å². The van der Waals surface area contributed by atoms with Gasteiger partial charge in [0.25, 0.3) is 0 Å². The molecule has 0 unspecified atom stereocenters. The molecule has 0 aliphatic rings. The van der Waals surface area contributed by atoms with Crippen molar-refractivity contribution < 1.29 is 4.42 Å². The lowest BCUT2D eigenvalue weighted by Crippen LogP contribution is -2.11. The summed E-state index contributed by atoms with van der Waals surface area (Å²) < 4.78 is 6.31. The Morgan fingerprint density at radius 1 is 0.293 bits per heavy atom. The van der Waals surface area contributed by atoms with Crippen LogP contribution in [0, 0.1) is 0 Å². The Bertz CT molecular complexity index is 3250. The van der Waals surface area contributed by atoms with Crippen molar-refractivity contribution in [2.24, 2.45) is 0 Å². The summed E-state index contributed by atoms with van der Waals surface area (Å²) in [6.45, 7) is 0. The van der Waals surface area contributed by atoms with Crippen molar-refractivity contribution in [1.29, 1.82) is 0 Å². The third-order valence-corrected chi connectivity index (χ3v) is 11.5. The van der Waals surface area contributed by atoms with Gasteiger partial charge in [0.2, 0.25) is 0 Å². The van der Waals surface area contributed by atoms with Gasteiger partial charge in [0.1, 0.15) is 11.3 Å². The summed E-state index contributed by atoms with van der Waals surface area (Å²) in [5.74, 6) is 0.869. The van der Waals surface area contributed by atoms with E-state index in [0.29, 0.717) is 0 Å². The van der Waals surface area contributed by atoms with Crippen LogP contribution in [0.4, 0.5) is 17.1 Å². The molecular formula is C56H37NO. The monoisotopic (exact) mass is 739 g/mol. The number of furan rings is 1. The second-order valence-electron chi connectivity index (χ2n) is 14.9. The van der Waals surface area contributed by atoms with E-state index in [1.54, 1.807) is 0 Å². The smallest absolute Gasteiger partial charge is 0.135 e. The zero-order valence-electron chi connectivity index (χ0n) is 31.7. The van der Waals surface area contributed by atoms with Crippen molar-refractivity contribution in [2.45, 2.75) is 0 Å². The Balaban J connectivity index is 1.10. The second kappa shape index (κ2) is 14.1. The first-order chi connectivity index (χ1) is 28.8. The van der Waals surface area contributed by atoms with E-state index in [9.17, 15) is 0 Å². The molecule has 0 saturated carbocycles. The maximum atomic E-state index is 6.31. The number of nitrogens with zero attached hydrogens (tertiary/aromatic N) is 1. The first-order valence-electron chi connectivity index (χ1n) is 19.8. The Hall–Kier alpha value is -7.68. The van der Waals surface area contributed by atoms with Gasteiger partial charge >= 0.3 is 0 Å². The Morgan fingerprint density at radius 2 is 0.862 bits per heavy atom. The number of benzene rings is 10. The molecule has 1 aromatic heterocycles. The van der Waals surface area contributed by atoms with Crippen molar-refractivity contribution >= 4 is 60.3 Å². The average molecular weight is 740 g/mol. The molecule has 10 aromatic carbocycles. The van der Waals surface area contributed by atoms with E-state index in [1.165, 1.54) is 60.1 Å². The van der Waals surface area contributed by atoms with Gasteiger partial charge in [-0.1, -0.05) is 182 Å². The highest BCUT2D eigenvalue weighted by Gasteiger charge is 2.21. The van der Waals surface area contributed by atoms with Gasteiger partial charge in [-0.2, -0.15) is 0 Å². The Kier molecular flexibility index (Phi) is 8.19. The minimum atomic E-state index is 0.869. The SMILES string of the molecule is c1ccc(-c2ccccc2-c2ccc(N(c3ccc(-c4cccc(-c5cc6ccccc6o5)c4)c4ccccc34)c3cc4ccccc4c4ccccc34)cc2)cc1. The molecule has 0 radical (unpaired) electrons. The molecule has 1 heterocycles. The maximum absolute atomic E-state index is 6.31. The van der Waals surface area contributed by atoms with E-state index in [1.807, 2.05) is 12.1 Å². The standard InChI is InChI=1S/C56H37NO/c1-2-15-38(16-3-1)45-21-7-8-22-46(45)39-29-31-44(32-30-39)57(54-36-41-17-4-6-23-47(41)49-24-10-12-27-52(49)54)53-34-33-48(50-25-9-11-26-51(50)53)40-19-14-20-42(35-40)56-37-43-18-5-13-28-55(43)58-56/h1-37H. The molecule has 2 nitrogen and oxygen atoms in total. The number of anilines is 3. The van der Waals surface area contributed by atoms with Crippen LogP contribution in [0.3, 0.4) is 0 Å². The number of fused-ring (bicyclic) bond motifs is 5. The van der Waals surface area contributed by atoms with E-state index in [4.69, 9.17) is 4.42 Å². The number of hydrogen-bond donors (Lipinski definition) is 0. The van der Waals surface area contributed by atoms with Crippen molar-refractivity contribution in [3.8, 4) is 44.7 Å². The quantitative estimate of drug-likeness (QED) is 0.151. The van der Waals surface area contributed by atoms with Gasteiger partial charge in [-0.25, -0.2) is 0 Å². The van der Waals surface area contributed by atoms with Crippen LogP contribution >= 0.6 is 0 Å². The number of para-hydroxylation sites is 1. The van der Waals surface area contributed by atoms with Crippen LogP contribution in [0.5, 0.6) is 0 Å². The summed E-state index contributed by atoms with van der Waals surface area (Å²) in [4.78, 5) is 2.46. The number of rotatable bonds is 7. The van der Waals surface area contributed by atoms with Gasteiger partial charge in [-0.15, -0.1) is 0 Å². The summed E-state index contributed by atoms with van der Waals surface area (Å²) in [6, 6.07) is 80.8. The average Bonchev–Trinajstić information content (AvgIpc) is 3.75. The van der Waals surface area contributed by atoms with Crippen molar-refractivity contribution in [3.63, 3.8) is 0 Å². The molecule has 0 amide bonds. The molecule has 0 bridgehead atoms. The fourth-order valence-electron chi connectivity index (χ4n) is 8.72. The molecule has 0 spiro atoms. The first-order valence-corrected chi connectivity index (χ1v) is 19.8. The van der Waals surface area contributed by atoms with E-state index in [-0.39, 0.29) is 0 Å². The maximum Gasteiger partial charge on any atom is 0.135 e. The third kappa shape index (κ3) is 5.82. The molecular weight excluding hydrogens is 703 g/mol. The highest BCUT2D eigenvalue weighted by molar-refractivity contribution is 6.16. The predicted molar refractivity (Wildman–Crippen MR) is 245 cm³/mol. The van der Waals surface area contributed by atoms with Crippen LogP contribution in [0.15, 0.2) is 229 Å². The van der Waals surface area contributed by atoms with Crippen molar-refractivity contribution in [2.75, 3.05) is 4.90 Å². The van der Waals surface area contributed by atoms with E-state index >= 15 is 0 Å². The minimum Gasteiger partial charge on any atom is -0.456 e. The molecule has 272 valence electrons. The molecule has 11 rings (SSSR count). The topological polar surface area (TPSA) is 16.4 Å². The van der Waals surface area contributed by atoms with Crippen LogP contribution in [-0.2, 0) is 0 Å². The van der Waals surface area contributed by atoms with Crippen molar-refractivity contribution in [1.82, 2.24) is 0 Å². The van der Waals surface area contributed by atoms with Gasteiger partial charge < -0.3 is 9.32 Å². The summed E-state index contributed by atoms with van der Waals surface area (Å²) in [7, 11) is 0. The molecule has 0 saturated heterocycles. The molecule has 0 N–H and O–H groups in total. The molecule has 0 atom stereocenters. The first kappa shape index (κ1) is 33.6. The zero-order chi connectivity index (χ0) is 38.4. The van der Waals surface area contributed by atoms with E-state index < -0.39 is 0 Å². The van der Waals surface area contributed by atoms with Gasteiger partial charge in [-0.05, 0) is 97.4 Å². The van der Waals surface area contributed by atoms with Crippen LogP contribution in [0.1, 0.15) is 0 Å². The van der Waals surface area contributed by atoms with E-state index in [2.05, 4.69) is 217 Å². The fraction of sp³-hybridized carbons (Fsp3) is 0. The zero-order valence-corrected chi connectivity index (χ0v) is 31.7. The van der Waals surface area contributed by atoms with Gasteiger partial charge in [0.15, 0.2) is 0 Å². The van der Waals surface area contributed by atoms with E-state index in [0.717, 1.165) is 44.9 Å². The molecule has 0 fully saturated rings. The molecule has 2 heteroatoms. The lowest BCUT2D eigenvalue weighted by Gasteiger charge is -2.29. The van der Waals surface area contributed by atoms with Crippen LogP contribution in [0.25, 0.3) is 88.0 Å². The normalized spacial score (nSPS) is 11.4. The summed E-state index contributed by atoms with van der Waals surface area (Å²) in [6.07, 6.45) is 0. The van der Waals surface area contributed by atoms with Crippen LogP contribution in [0.2, 0.25) is 0 Å². The van der Waals surface area contributed by atoms with Gasteiger partial charge in [0.05, 0.1) is 11.4 Å². The van der Waals surface area contributed by atoms with Crippen molar-refractivity contribution in [3.05, 3.63) is 224 Å². The van der Waals surface area contributed by atoms with Crippen LogP contribution in [-0.4, -0.2) is 0 Å². The summed E-state index contributed by atoms with van der Waals surface area (Å²) in [5.41, 5.74) is 12.4. The summed E-state index contributed by atoms with van der Waals surface area (Å²) in [5, 5.41) is 8.35. The lowest BCUT2D eigenvalue weighted by atomic mass is 9.93. The summed E-state index contributed by atoms with van der Waals surface area (Å²) >= 11 is 0.